The van der Waals surface area contributed by atoms with Crippen LogP contribution in [0.4, 0.5) is 0 Å². The molecule has 1 saturated heterocycles. The fourth-order valence-corrected chi connectivity index (χ4v) is 1.16. The van der Waals surface area contributed by atoms with Gasteiger partial charge in [0, 0.05) is 12.8 Å². The van der Waals surface area contributed by atoms with E-state index in [0.29, 0.717) is 12.8 Å². The van der Waals surface area contributed by atoms with Crippen molar-refractivity contribution < 1.29 is 13.8 Å². The van der Waals surface area contributed by atoms with E-state index in [1.807, 2.05) is 6.92 Å². The molecular weight excluding hydrogens is 151 g/mol. The lowest BCUT2D eigenvalue weighted by Crippen LogP contribution is -1.99. The van der Waals surface area contributed by atoms with Gasteiger partial charge in [-0.3, -0.25) is 4.57 Å². The number of hydrogen-bond donors (Lipinski definition) is 0. The van der Waals surface area contributed by atoms with Crippen LogP contribution in [0.1, 0.15) is 6.92 Å². The zero-order chi connectivity index (χ0) is 7.61. The van der Waals surface area contributed by atoms with Gasteiger partial charge in [-0.15, -0.1) is 0 Å². The zero-order valence-corrected chi connectivity index (χ0v) is 7.27. The van der Waals surface area contributed by atoms with Gasteiger partial charge in [-0.1, -0.05) is 6.92 Å². The Labute approximate surface area is 61.2 Å². The van der Waals surface area contributed by atoms with Gasteiger partial charge in [0.05, 0.1) is 13.2 Å². The molecule has 1 aliphatic rings. The van der Waals surface area contributed by atoms with E-state index in [-0.39, 0.29) is 6.10 Å². The molecule has 1 aliphatic heterocycles. The van der Waals surface area contributed by atoms with E-state index in [1.54, 1.807) is 6.66 Å². The van der Waals surface area contributed by atoms with Crippen LogP contribution in [0.2, 0.25) is 0 Å². The van der Waals surface area contributed by atoms with Gasteiger partial charge in [0.2, 0.25) is 0 Å². The Balaban J connectivity index is 2.15. The molecule has 1 rings (SSSR count). The normalized spacial score (nSPS) is 29.6. The molecule has 1 fully saturated rings. The second-order valence-corrected chi connectivity index (χ2v) is 5.50. The lowest BCUT2D eigenvalue weighted by Gasteiger charge is -2.09. The molecule has 0 radical (unpaired) electrons. The lowest BCUT2D eigenvalue weighted by molar-refractivity contribution is 0.265. The molecule has 0 amide bonds. The smallest absolute Gasteiger partial charge is 0.200 e. The molecule has 1 heterocycles. The fourth-order valence-electron chi connectivity index (χ4n) is 0.496. The maximum atomic E-state index is 11.2. The van der Waals surface area contributed by atoms with Gasteiger partial charge in [-0.2, -0.15) is 0 Å². The summed E-state index contributed by atoms with van der Waals surface area (Å²) in [5, 5.41) is 0. The molecule has 0 aromatic heterocycles. The number of epoxide rings is 1. The van der Waals surface area contributed by atoms with E-state index in [9.17, 15) is 4.57 Å². The predicted molar refractivity (Wildman–Crippen MR) is 39.8 cm³/mol. The van der Waals surface area contributed by atoms with Gasteiger partial charge < -0.3 is 9.26 Å². The standard InChI is InChI=1S/C6H13O3P/c1-3-10(2,7)9-5-6-4-8-6/h6H,3-5H2,1-2H3. The van der Waals surface area contributed by atoms with E-state index in [4.69, 9.17) is 9.26 Å². The molecule has 2 unspecified atom stereocenters. The SMILES string of the molecule is CCP(C)(=O)OCC1CO1. The van der Waals surface area contributed by atoms with Gasteiger partial charge in [0.25, 0.3) is 0 Å². The molecule has 0 aromatic carbocycles. The minimum atomic E-state index is -2.27. The molecule has 4 heteroatoms. The first-order valence-corrected chi connectivity index (χ1v) is 5.72. The number of ether oxygens (including phenoxy) is 1. The number of rotatable bonds is 4. The van der Waals surface area contributed by atoms with Gasteiger partial charge in [0.15, 0.2) is 7.37 Å². The second-order valence-electron chi connectivity index (χ2n) is 2.58. The van der Waals surface area contributed by atoms with Crippen LogP contribution in [0, 0.1) is 0 Å². The van der Waals surface area contributed by atoms with E-state index in [1.165, 1.54) is 0 Å². The van der Waals surface area contributed by atoms with E-state index in [0.717, 1.165) is 6.61 Å². The Hall–Kier alpha value is 0.150. The van der Waals surface area contributed by atoms with Crippen LogP contribution in [-0.2, 0) is 13.8 Å². The van der Waals surface area contributed by atoms with E-state index < -0.39 is 7.37 Å². The molecule has 0 aromatic rings. The van der Waals surface area contributed by atoms with Crippen molar-refractivity contribution in [1.82, 2.24) is 0 Å². The molecule has 0 saturated carbocycles. The second kappa shape index (κ2) is 3.04. The van der Waals surface area contributed by atoms with E-state index in [2.05, 4.69) is 0 Å². The topological polar surface area (TPSA) is 38.8 Å². The Bertz CT molecular complexity index is 153. The average Bonchev–Trinajstić information content (AvgIpc) is 2.66. The van der Waals surface area contributed by atoms with Crippen LogP contribution >= 0.6 is 7.37 Å². The van der Waals surface area contributed by atoms with Crippen molar-refractivity contribution in [3.63, 3.8) is 0 Å². The van der Waals surface area contributed by atoms with Gasteiger partial charge in [-0.25, -0.2) is 0 Å². The van der Waals surface area contributed by atoms with Crippen LogP contribution in [0.25, 0.3) is 0 Å². The highest BCUT2D eigenvalue weighted by Gasteiger charge is 2.25. The fraction of sp³-hybridized carbons (Fsp3) is 1.00. The minimum Gasteiger partial charge on any atom is -0.371 e. The van der Waals surface area contributed by atoms with Crippen molar-refractivity contribution in [2.75, 3.05) is 26.0 Å². The Morgan fingerprint density at radius 2 is 2.40 bits per heavy atom. The summed E-state index contributed by atoms with van der Waals surface area (Å²) < 4.78 is 21.3. The first-order valence-electron chi connectivity index (χ1n) is 3.47. The summed E-state index contributed by atoms with van der Waals surface area (Å²) in [6.07, 6.45) is 0.833. The number of hydrogen-bond acceptors (Lipinski definition) is 3. The molecule has 0 aliphatic carbocycles. The molecule has 60 valence electrons. The highest BCUT2D eigenvalue weighted by molar-refractivity contribution is 7.58. The van der Waals surface area contributed by atoms with Crippen molar-refractivity contribution in [2.45, 2.75) is 13.0 Å². The van der Waals surface area contributed by atoms with Crippen molar-refractivity contribution in [3.8, 4) is 0 Å². The summed E-state index contributed by atoms with van der Waals surface area (Å²) in [5.74, 6) is 0. The summed E-state index contributed by atoms with van der Waals surface area (Å²) in [4.78, 5) is 0. The Morgan fingerprint density at radius 3 is 2.80 bits per heavy atom. The third kappa shape index (κ3) is 2.82. The average molecular weight is 164 g/mol. The Kier molecular flexibility index (Phi) is 2.50. The molecule has 0 bridgehead atoms. The molecule has 0 spiro atoms. The van der Waals surface area contributed by atoms with Crippen LogP contribution in [0.3, 0.4) is 0 Å². The van der Waals surface area contributed by atoms with Crippen LogP contribution in [-0.4, -0.2) is 32.1 Å². The first-order chi connectivity index (χ1) is 4.64. The molecule has 2 atom stereocenters. The summed E-state index contributed by atoms with van der Waals surface area (Å²) in [5.41, 5.74) is 0. The van der Waals surface area contributed by atoms with Crippen molar-refractivity contribution in [1.29, 1.82) is 0 Å². The molecular formula is C6H13O3P. The Morgan fingerprint density at radius 1 is 1.80 bits per heavy atom. The molecule has 0 N–H and O–H groups in total. The largest absolute Gasteiger partial charge is 0.371 e. The van der Waals surface area contributed by atoms with Crippen molar-refractivity contribution >= 4 is 7.37 Å². The van der Waals surface area contributed by atoms with Gasteiger partial charge in [-0.05, 0) is 0 Å². The highest BCUT2D eigenvalue weighted by Crippen LogP contribution is 2.42. The third-order valence-corrected chi connectivity index (χ3v) is 3.35. The van der Waals surface area contributed by atoms with Crippen molar-refractivity contribution in [2.24, 2.45) is 0 Å². The summed E-state index contributed by atoms with van der Waals surface area (Å²) >= 11 is 0. The zero-order valence-electron chi connectivity index (χ0n) is 6.37. The molecule has 3 nitrogen and oxygen atoms in total. The predicted octanol–water partition coefficient (Wildman–Crippen LogP) is 1.33. The van der Waals surface area contributed by atoms with Crippen LogP contribution < -0.4 is 0 Å². The lowest BCUT2D eigenvalue weighted by atomic mass is 10.5. The summed E-state index contributed by atoms with van der Waals surface area (Å²) in [7, 11) is -2.27. The summed E-state index contributed by atoms with van der Waals surface area (Å²) in [6, 6.07) is 0. The van der Waals surface area contributed by atoms with Crippen LogP contribution in [0.15, 0.2) is 0 Å². The quantitative estimate of drug-likeness (QED) is 0.464. The van der Waals surface area contributed by atoms with Crippen LogP contribution in [0.5, 0.6) is 0 Å². The van der Waals surface area contributed by atoms with Crippen molar-refractivity contribution in [3.05, 3.63) is 0 Å². The first kappa shape index (κ1) is 8.25. The van der Waals surface area contributed by atoms with Gasteiger partial charge in [0.1, 0.15) is 6.10 Å². The van der Waals surface area contributed by atoms with E-state index >= 15 is 0 Å². The summed E-state index contributed by atoms with van der Waals surface area (Å²) in [6.45, 7) is 4.80. The van der Waals surface area contributed by atoms with Gasteiger partial charge >= 0.3 is 0 Å². The maximum absolute atomic E-state index is 11.2. The highest BCUT2D eigenvalue weighted by atomic mass is 31.2. The maximum Gasteiger partial charge on any atom is 0.200 e. The minimum absolute atomic E-state index is 0.222. The third-order valence-electron chi connectivity index (χ3n) is 1.51. The molecule has 10 heavy (non-hydrogen) atoms. The monoisotopic (exact) mass is 164 g/mol.